The van der Waals surface area contributed by atoms with Crippen LogP contribution in [0, 0.1) is 5.82 Å². The number of H-pyrrole nitrogens is 2. The summed E-state index contributed by atoms with van der Waals surface area (Å²) in [5.41, 5.74) is 2.76. The summed E-state index contributed by atoms with van der Waals surface area (Å²) in [4.78, 5) is 14.6. The van der Waals surface area contributed by atoms with Gasteiger partial charge in [-0.3, -0.25) is 5.10 Å². The number of ether oxygens (including phenoxy) is 1. The van der Waals surface area contributed by atoms with Gasteiger partial charge >= 0.3 is 5.97 Å². The molecule has 6 heteroatoms. The van der Waals surface area contributed by atoms with Crippen LogP contribution in [0.2, 0.25) is 0 Å². The van der Waals surface area contributed by atoms with Crippen LogP contribution in [0.5, 0.6) is 0 Å². The molecule has 2 heterocycles. The largest absolute Gasteiger partial charge is 0.461 e. The summed E-state index contributed by atoms with van der Waals surface area (Å²) in [7, 11) is 0. The topological polar surface area (TPSA) is 70.8 Å². The average molecular weight is 299 g/mol. The van der Waals surface area contributed by atoms with Crippen molar-refractivity contribution in [3.63, 3.8) is 0 Å². The molecule has 0 spiro atoms. The van der Waals surface area contributed by atoms with E-state index in [1.54, 1.807) is 43.6 Å². The molecule has 0 unspecified atom stereocenters. The molecule has 0 atom stereocenters. The highest BCUT2D eigenvalue weighted by Crippen LogP contribution is 2.31. The first-order valence-electron chi connectivity index (χ1n) is 6.85. The van der Waals surface area contributed by atoms with Gasteiger partial charge in [-0.25, -0.2) is 9.18 Å². The van der Waals surface area contributed by atoms with Gasteiger partial charge in [-0.1, -0.05) is 18.2 Å². The van der Waals surface area contributed by atoms with E-state index in [0.29, 0.717) is 34.7 Å². The molecule has 5 nitrogen and oxygen atoms in total. The number of nitrogens with one attached hydrogen (secondary N) is 2. The van der Waals surface area contributed by atoms with Gasteiger partial charge < -0.3 is 9.72 Å². The third-order valence-electron chi connectivity index (χ3n) is 3.27. The number of aromatic nitrogens is 3. The predicted octanol–water partition coefficient (Wildman–Crippen LogP) is 3.39. The lowest BCUT2D eigenvalue weighted by Crippen LogP contribution is -2.04. The van der Waals surface area contributed by atoms with Crippen LogP contribution in [0.15, 0.2) is 42.7 Å². The molecule has 1 aromatic carbocycles. The third kappa shape index (κ3) is 2.50. The zero-order chi connectivity index (χ0) is 15.5. The lowest BCUT2D eigenvalue weighted by Gasteiger charge is -2.02. The van der Waals surface area contributed by atoms with Crippen LogP contribution in [0.3, 0.4) is 0 Å². The maximum Gasteiger partial charge on any atom is 0.354 e. The van der Waals surface area contributed by atoms with Gasteiger partial charge in [0.1, 0.15) is 11.5 Å². The Balaban J connectivity index is 1.99. The number of nitrogens with zero attached hydrogens (tertiary/aromatic N) is 1. The number of carbonyl (C=O) groups excluding carboxylic acids is 1. The maximum absolute atomic E-state index is 14.0. The Kier molecular flexibility index (Phi) is 3.74. The molecule has 0 aliphatic heterocycles. The van der Waals surface area contributed by atoms with Gasteiger partial charge in [0.15, 0.2) is 0 Å². The van der Waals surface area contributed by atoms with E-state index in [-0.39, 0.29) is 5.82 Å². The van der Waals surface area contributed by atoms with Crippen LogP contribution >= 0.6 is 0 Å². The van der Waals surface area contributed by atoms with Crippen molar-refractivity contribution in [2.24, 2.45) is 0 Å². The summed E-state index contributed by atoms with van der Waals surface area (Å²) in [5, 5.41) is 6.83. The van der Waals surface area contributed by atoms with E-state index in [1.165, 1.54) is 6.07 Å². The van der Waals surface area contributed by atoms with Crippen molar-refractivity contribution in [1.82, 2.24) is 15.2 Å². The Morgan fingerprint density at radius 1 is 1.32 bits per heavy atom. The lowest BCUT2D eigenvalue weighted by atomic mass is 10.0. The number of esters is 1. The van der Waals surface area contributed by atoms with Crippen molar-refractivity contribution in [1.29, 1.82) is 0 Å². The first-order chi connectivity index (χ1) is 10.7. The molecule has 3 aromatic rings. The van der Waals surface area contributed by atoms with Crippen molar-refractivity contribution in [2.75, 3.05) is 6.61 Å². The molecule has 0 saturated heterocycles. The van der Waals surface area contributed by atoms with Crippen molar-refractivity contribution >= 4 is 5.97 Å². The van der Waals surface area contributed by atoms with E-state index in [0.717, 1.165) is 0 Å². The van der Waals surface area contributed by atoms with Gasteiger partial charge in [0.2, 0.25) is 0 Å². The Labute approximate surface area is 126 Å². The van der Waals surface area contributed by atoms with Crippen LogP contribution in [0.25, 0.3) is 22.4 Å². The molecule has 2 N–H and O–H groups in total. The number of hydrogen-bond acceptors (Lipinski definition) is 3. The standard InChI is InChI=1S/C16H14FN3O2/c1-2-22-16(21)14-7-10(8-18-14)15-12(9-19-20-15)11-5-3-4-6-13(11)17/h3-9,18H,2H2,1H3,(H,19,20). The van der Waals surface area contributed by atoms with Gasteiger partial charge in [0.05, 0.1) is 18.5 Å². The molecule has 2 aromatic heterocycles. The maximum atomic E-state index is 14.0. The molecule has 0 fully saturated rings. The second kappa shape index (κ2) is 5.85. The SMILES string of the molecule is CCOC(=O)c1cc(-c2[nH]ncc2-c2ccccc2F)c[nH]1. The molecule has 0 saturated carbocycles. The molecule has 0 amide bonds. The fourth-order valence-electron chi connectivity index (χ4n) is 2.26. The quantitative estimate of drug-likeness (QED) is 0.725. The van der Waals surface area contributed by atoms with Crippen LogP contribution in [-0.4, -0.2) is 27.8 Å². The van der Waals surface area contributed by atoms with Gasteiger partial charge in [0, 0.05) is 22.9 Å². The minimum absolute atomic E-state index is 0.303. The van der Waals surface area contributed by atoms with E-state index < -0.39 is 5.97 Å². The monoisotopic (exact) mass is 299 g/mol. The lowest BCUT2D eigenvalue weighted by molar-refractivity contribution is 0.0520. The highest BCUT2D eigenvalue weighted by molar-refractivity contribution is 5.90. The smallest absolute Gasteiger partial charge is 0.354 e. The summed E-state index contributed by atoms with van der Waals surface area (Å²) in [6.45, 7) is 2.05. The zero-order valence-electron chi connectivity index (χ0n) is 11.9. The first kappa shape index (κ1) is 14.1. The van der Waals surface area contributed by atoms with E-state index in [4.69, 9.17) is 4.74 Å². The molecule has 0 aliphatic carbocycles. The van der Waals surface area contributed by atoms with E-state index >= 15 is 0 Å². The third-order valence-corrected chi connectivity index (χ3v) is 3.27. The molecule has 0 radical (unpaired) electrons. The molecule has 22 heavy (non-hydrogen) atoms. The summed E-state index contributed by atoms with van der Waals surface area (Å²) in [5.74, 6) is -0.757. The van der Waals surface area contributed by atoms with Crippen molar-refractivity contribution in [3.05, 3.63) is 54.2 Å². The number of aromatic amines is 2. The average Bonchev–Trinajstić information content (AvgIpc) is 3.17. The second-order valence-corrected chi connectivity index (χ2v) is 4.66. The van der Waals surface area contributed by atoms with E-state index in [9.17, 15) is 9.18 Å². The summed E-state index contributed by atoms with van der Waals surface area (Å²) in [6.07, 6.45) is 3.22. The van der Waals surface area contributed by atoms with Crippen LogP contribution < -0.4 is 0 Å². The predicted molar refractivity (Wildman–Crippen MR) is 79.7 cm³/mol. The van der Waals surface area contributed by atoms with Gasteiger partial charge in [-0.05, 0) is 19.1 Å². The molecular weight excluding hydrogens is 285 g/mol. The minimum atomic E-state index is -0.430. The summed E-state index contributed by atoms with van der Waals surface area (Å²) < 4.78 is 18.9. The van der Waals surface area contributed by atoms with Crippen LogP contribution in [0.1, 0.15) is 17.4 Å². The first-order valence-corrected chi connectivity index (χ1v) is 6.85. The van der Waals surface area contributed by atoms with Gasteiger partial charge in [-0.2, -0.15) is 5.10 Å². The fraction of sp³-hybridized carbons (Fsp3) is 0.125. The minimum Gasteiger partial charge on any atom is -0.461 e. The van der Waals surface area contributed by atoms with Crippen LogP contribution in [-0.2, 0) is 4.74 Å². The number of benzene rings is 1. The summed E-state index contributed by atoms with van der Waals surface area (Å²) >= 11 is 0. The van der Waals surface area contributed by atoms with E-state index in [2.05, 4.69) is 15.2 Å². The second-order valence-electron chi connectivity index (χ2n) is 4.66. The Morgan fingerprint density at radius 3 is 2.91 bits per heavy atom. The van der Waals surface area contributed by atoms with Crippen molar-refractivity contribution in [3.8, 4) is 22.4 Å². The molecule has 0 bridgehead atoms. The Morgan fingerprint density at radius 2 is 2.14 bits per heavy atom. The van der Waals surface area contributed by atoms with Crippen LogP contribution in [0.4, 0.5) is 4.39 Å². The number of hydrogen-bond donors (Lipinski definition) is 2. The number of halogens is 1. The van der Waals surface area contributed by atoms with E-state index in [1.807, 2.05) is 0 Å². The van der Waals surface area contributed by atoms with Crippen molar-refractivity contribution in [2.45, 2.75) is 6.92 Å². The zero-order valence-corrected chi connectivity index (χ0v) is 11.9. The van der Waals surface area contributed by atoms with Gasteiger partial charge in [0.25, 0.3) is 0 Å². The molecular formula is C16H14FN3O2. The Bertz CT molecular complexity index is 807. The van der Waals surface area contributed by atoms with Crippen molar-refractivity contribution < 1.29 is 13.9 Å². The number of rotatable bonds is 4. The summed E-state index contributed by atoms with van der Waals surface area (Å²) in [6, 6.07) is 8.12. The molecule has 3 rings (SSSR count). The fourth-order valence-corrected chi connectivity index (χ4v) is 2.26. The Hall–Kier alpha value is -2.89. The normalized spacial score (nSPS) is 10.6. The van der Waals surface area contributed by atoms with Gasteiger partial charge in [-0.15, -0.1) is 0 Å². The number of carbonyl (C=O) groups is 1. The highest BCUT2D eigenvalue weighted by Gasteiger charge is 2.16. The molecule has 112 valence electrons. The molecule has 0 aliphatic rings. The highest BCUT2D eigenvalue weighted by atomic mass is 19.1.